The van der Waals surface area contributed by atoms with Crippen molar-refractivity contribution >= 4 is 23.8 Å². The lowest BCUT2D eigenvalue weighted by atomic mass is 10.4. The molecular formula is C14H14P-. The first-order chi connectivity index (χ1) is 7.21. The van der Waals surface area contributed by atoms with E-state index in [2.05, 4.69) is 37.2 Å². The highest BCUT2D eigenvalue weighted by Crippen LogP contribution is 2.39. The molecule has 0 bridgehead atoms. The average molecular weight is 213 g/mol. The second-order valence-electron chi connectivity index (χ2n) is 3.64. The lowest BCUT2D eigenvalue weighted by Crippen LogP contribution is -2.13. The number of rotatable bonds is 2. The van der Waals surface area contributed by atoms with E-state index in [0.29, 0.717) is 0 Å². The van der Waals surface area contributed by atoms with Crippen LogP contribution in [0.3, 0.4) is 0 Å². The molecule has 0 saturated carbocycles. The lowest BCUT2D eigenvalue weighted by Gasteiger charge is -2.27. The van der Waals surface area contributed by atoms with Gasteiger partial charge in [0.25, 0.3) is 0 Å². The SMILES string of the molecule is C=P([CH2-])(c1ccccc1)c1ccccc1. The second kappa shape index (κ2) is 4.08. The number of hydrogen-bond donors (Lipinski definition) is 0. The van der Waals surface area contributed by atoms with Gasteiger partial charge in [0, 0.05) is 0 Å². The Morgan fingerprint density at radius 1 is 0.733 bits per heavy atom. The summed E-state index contributed by atoms with van der Waals surface area (Å²) >= 11 is 0. The highest BCUT2D eigenvalue weighted by molar-refractivity contribution is 7.88. The molecule has 0 aliphatic carbocycles. The Kier molecular flexibility index (Phi) is 2.79. The van der Waals surface area contributed by atoms with E-state index in [1.807, 2.05) is 36.4 Å². The molecule has 0 N–H and O–H groups in total. The second-order valence-corrected chi connectivity index (χ2v) is 6.61. The highest BCUT2D eigenvalue weighted by atomic mass is 31.2. The van der Waals surface area contributed by atoms with Crippen LogP contribution in [0.2, 0.25) is 0 Å². The summed E-state index contributed by atoms with van der Waals surface area (Å²) in [6.45, 7) is 2.66. The van der Waals surface area contributed by atoms with E-state index < -0.39 is 6.89 Å². The van der Waals surface area contributed by atoms with Gasteiger partial charge >= 0.3 is 0 Å². The molecule has 76 valence electrons. The van der Waals surface area contributed by atoms with Gasteiger partial charge < -0.3 is 6.66 Å². The van der Waals surface area contributed by atoms with Crippen LogP contribution in [0.1, 0.15) is 0 Å². The van der Waals surface area contributed by atoms with Crippen molar-refractivity contribution in [3.63, 3.8) is 0 Å². The summed E-state index contributed by atoms with van der Waals surface area (Å²) in [7, 11) is 0. The Hall–Kier alpha value is -1.26. The molecule has 0 aliphatic rings. The average Bonchev–Trinajstić information content (AvgIpc) is 2.31. The quantitative estimate of drug-likeness (QED) is 0.531. The first-order valence-corrected chi connectivity index (χ1v) is 7.06. The van der Waals surface area contributed by atoms with Crippen molar-refractivity contribution in [1.29, 1.82) is 0 Å². The largest absolute Gasteiger partial charge is 0.307 e. The smallest absolute Gasteiger partial charge is 0.0498 e. The molecular weight excluding hydrogens is 199 g/mol. The molecule has 0 amide bonds. The maximum absolute atomic E-state index is 4.31. The summed E-state index contributed by atoms with van der Waals surface area (Å²) in [5.74, 6) is 0. The summed E-state index contributed by atoms with van der Waals surface area (Å²) < 4.78 is 0. The van der Waals surface area contributed by atoms with E-state index in [9.17, 15) is 0 Å². The van der Waals surface area contributed by atoms with Crippen LogP contribution in [0.4, 0.5) is 0 Å². The fourth-order valence-corrected chi connectivity index (χ4v) is 3.36. The Labute approximate surface area is 91.6 Å². The molecule has 0 unspecified atom stereocenters. The van der Waals surface area contributed by atoms with Gasteiger partial charge in [-0.2, -0.15) is 6.89 Å². The molecule has 0 nitrogen and oxygen atoms in total. The monoisotopic (exact) mass is 213 g/mol. The zero-order chi connectivity index (χ0) is 10.7. The Bertz CT molecular complexity index is 428. The van der Waals surface area contributed by atoms with Crippen molar-refractivity contribution in [3.05, 3.63) is 67.3 Å². The summed E-state index contributed by atoms with van der Waals surface area (Å²) in [6, 6.07) is 20.7. The van der Waals surface area contributed by atoms with Crippen LogP contribution >= 0.6 is 6.89 Å². The molecule has 0 aromatic heterocycles. The van der Waals surface area contributed by atoms with E-state index in [1.54, 1.807) is 0 Å². The molecule has 2 aromatic rings. The minimum atomic E-state index is -1.65. The van der Waals surface area contributed by atoms with Gasteiger partial charge in [-0.3, -0.25) is 0 Å². The summed E-state index contributed by atoms with van der Waals surface area (Å²) in [4.78, 5) is 0. The van der Waals surface area contributed by atoms with Crippen LogP contribution in [0.15, 0.2) is 60.7 Å². The predicted molar refractivity (Wildman–Crippen MR) is 71.6 cm³/mol. The Morgan fingerprint density at radius 3 is 1.40 bits per heavy atom. The van der Waals surface area contributed by atoms with E-state index in [0.717, 1.165) is 0 Å². The third-order valence-electron chi connectivity index (χ3n) is 2.50. The van der Waals surface area contributed by atoms with Gasteiger partial charge in [0.1, 0.15) is 0 Å². The van der Waals surface area contributed by atoms with Crippen LogP contribution < -0.4 is 10.6 Å². The minimum absolute atomic E-state index is 1.25. The number of benzene rings is 2. The van der Waals surface area contributed by atoms with Gasteiger partial charge in [0.15, 0.2) is 0 Å². The highest BCUT2D eigenvalue weighted by Gasteiger charge is 2.04. The predicted octanol–water partition coefficient (Wildman–Crippen LogP) is 2.88. The molecule has 2 rings (SSSR count). The Balaban J connectivity index is 2.50. The molecule has 0 aliphatic heterocycles. The molecule has 0 fully saturated rings. The van der Waals surface area contributed by atoms with Crippen molar-refractivity contribution in [2.75, 3.05) is 0 Å². The molecule has 2 aromatic carbocycles. The zero-order valence-corrected chi connectivity index (χ0v) is 9.53. The molecule has 0 radical (unpaired) electrons. The van der Waals surface area contributed by atoms with E-state index >= 15 is 0 Å². The third-order valence-corrected chi connectivity index (χ3v) is 5.07. The van der Waals surface area contributed by atoms with Crippen molar-refractivity contribution in [1.82, 2.24) is 0 Å². The van der Waals surface area contributed by atoms with Crippen molar-refractivity contribution in [2.45, 2.75) is 0 Å². The standard InChI is InChI=1S/C14H14P/c1-15(2,13-9-5-3-6-10-13)14-11-7-4-8-12-14/h3-12H,1-2H2/q-1. The van der Waals surface area contributed by atoms with Crippen LogP contribution in [-0.4, -0.2) is 6.30 Å². The normalized spacial score (nSPS) is 11.3. The van der Waals surface area contributed by atoms with Gasteiger partial charge in [0.2, 0.25) is 0 Å². The zero-order valence-electron chi connectivity index (χ0n) is 8.63. The van der Waals surface area contributed by atoms with Gasteiger partial charge in [-0.15, -0.1) is 6.30 Å². The third kappa shape index (κ3) is 2.06. The van der Waals surface area contributed by atoms with Crippen LogP contribution in [0.25, 0.3) is 0 Å². The minimum Gasteiger partial charge on any atom is -0.307 e. The molecule has 0 saturated heterocycles. The molecule has 0 spiro atoms. The van der Waals surface area contributed by atoms with Gasteiger partial charge in [-0.05, 0) is 10.6 Å². The van der Waals surface area contributed by atoms with E-state index in [1.165, 1.54) is 10.6 Å². The molecule has 0 heterocycles. The summed E-state index contributed by atoms with van der Waals surface area (Å²) in [6.07, 6.45) is 4.31. The van der Waals surface area contributed by atoms with Crippen LogP contribution in [0, 0.1) is 6.66 Å². The summed E-state index contributed by atoms with van der Waals surface area (Å²) in [5, 5.41) is 2.49. The van der Waals surface area contributed by atoms with Crippen LogP contribution in [-0.2, 0) is 0 Å². The Morgan fingerprint density at radius 2 is 1.07 bits per heavy atom. The van der Waals surface area contributed by atoms with Crippen molar-refractivity contribution < 1.29 is 0 Å². The lowest BCUT2D eigenvalue weighted by molar-refractivity contribution is 1.75. The van der Waals surface area contributed by atoms with E-state index in [4.69, 9.17) is 0 Å². The van der Waals surface area contributed by atoms with Crippen molar-refractivity contribution in [2.24, 2.45) is 0 Å². The van der Waals surface area contributed by atoms with Gasteiger partial charge in [-0.25, -0.2) is 0 Å². The maximum Gasteiger partial charge on any atom is -0.0498 e. The van der Waals surface area contributed by atoms with Crippen molar-refractivity contribution in [3.8, 4) is 0 Å². The molecule has 15 heavy (non-hydrogen) atoms. The fourth-order valence-electron chi connectivity index (χ4n) is 1.58. The molecule has 1 heteroatoms. The molecule has 0 atom stereocenters. The van der Waals surface area contributed by atoms with Crippen LogP contribution in [0.5, 0.6) is 0 Å². The summed E-state index contributed by atoms with van der Waals surface area (Å²) in [5.41, 5.74) is 0. The number of hydrogen-bond acceptors (Lipinski definition) is 0. The van der Waals surface area contributed by atoms with Gasteiger partial charge in [0.05, 0.1) is 0 Å². The first-order valence-electron chi connectivity index (χ1n) is 4.90. The maximum atomic E-state index is 4.31. The topological polar surface area (TPSA) is 0 Å². The first kappa shape index (κ1) is 10.3. The van der Waals surface area contributed by atoms with E-state index in [-0.39, 0.29) is 0 Å². The fraction of sp³-hybridized carbons (Fsp3) is 0. The van der Waals surface area contributed by atoms with Gasteiger partial charge in [-0.1, -0.05) is 60.7 Å².